The lowest BCUT2D eigenvalue weighted by Crippen LogP contribution is -2.28. The monoisotopic (exact) mass is 363 g/mol. The van der Waals surface area contributed by atoms with Crippen molar-refractivity contribution < 1.29 is 14.3 Å². The molecule has 0 saturated heterocycles. The van der Waals surface area contributed by atoms with Gasteiger partial charge in [-0.1, -0.05) is 18.2 Å². The SMILES string of the molecule is C[C@H](NC(=O)Cc1ccc2c(c1)OCCO2)c1ccc(-n2ccnc2)cc1. The highest BCUT2D eigenvalue weighted by molar-refractivity contribution is 5.79. The molecule has 2 heterocycles. The summed E-state index contributed by atoms with van der Waals surface area (Å²) in [5, 5.41) is 3.05. The van der Waals surface area contributed by atoms with E-state index in [1.165, 1.54) is 0 Å². The van der Waals surface area contributed by atoms with Gasteiger partial charge < -0.3 is 19.4 Å². The predicted molar refractivity (Wildman–Crippen MR) is 101 cm³/mol. The van der Waals surface area contributed by atoms with E-state index >= 15 is 0 Å². The minimum absolute atomic E-state index is 0.0298. The van der Waals surface area contributed by atoms with Crippen LogP contribution in [0, 0.1) is 0 Å². The first-order valence-electron chi connectivity index (χ1n) is 8.95. The molecular formula is C21H21N3O3. The standard InChI is InChI=1S/C21H21N3O3/c1-15(17-3-5-18(6-4-17)24-9-8-22-14-24)23-21(25)13-16-2-7-19-20(12-16)27-11-10-26-19/h2-9,12,14-15H,10-11,13H2,1H3,(H,23,25)/t15-/m0/s1. The Kier molecular flexibility index (Phi) is 4.78. The van der Waals surface area contributed by atoms with Gasteiger partial charge in [-0.2, -0.15) is 0 Å². The highest BCUT2D eigenvalue weighted by Gasteiger charge is 2.14. The van der Waals surface area contributed by atoms with Crippen LogP contribution in [0.2, 0.25) is 0 Å². The van der Waals surface area contributed by atoms with Crippen LogP contribution in [-0.2, 0) is 11.2 Å². The molecule has 0 saturated carbocycles. The van der Waals surface area contributed by atoms with Crippen LogP contribution in [0.4, 0.5) is 0 Å². The van der Waals surface area contributed by atoms with Gasteiger partial charge >= 0.3 is 0 Å². The third-order valence-corrected chi connectivity index (χ3v) is 4.54. The van der Waals surface area contributed by atoms with Crippen LogP contribution < -0.4 is 14.8 Å². The summed E-state index contributed by atoms with van der Waals surface area (Å²) < 4.78 is 13.0. The third-order valence-electron chi connectivity index (χ3n) is 4.54. The Morgan fingerprint density at radius 2 is 1.93 bits per heavy atom. The zero-order chi connectivity index (χ0) is 18.6. The summed E-state index contributed by atoms with van der Waals surface area (Å²) in [6.07, 6.45) is 5.70. The minimum Gasteiger partial charge on any atom is -0.486 e. The van der Waals surface area contributed by atoms with E-state index in [1.54, 1.807) is 12.5 Å². The number of imidazole rings is 1. The van der Waals surface area contributed by atoms with Crippen molar-refractivity contribution in [3.8, 4) is 17.2 Å². The van der Waals surface area contributed by atoms with Crippen LogP contribution in [0.25, 0.3) is 5.69 Å². The first-order valence-corrected chi connectivity index (χ1v) is 8.95. The fourth-order valence-electron chi connectivity index (χ4n) is 3.11. The molecule has 4 rings (SSSR count). The smallest absolute Gasteiger partial charge is 0.224 e. The molecule has 2 aromatic carbocycles. The number of amides is 1. The molecule has 0 fully saturated rings. The molecule has 1 aliphatic heterocycles. The van der Waals surface area contributed by atoms with E-state index in [2.05, 4.69) is 10.3 Å². The fraction of sp³-hybridized carbons (Fsp3) is 0.238. The van der Waals surface area contributed by atoms with E-state index in [0.29, 0.717) is 25.4 Å². The maximum atomic E-state index is 12.4. The normalized spacial score (nSPS) is 13.8. The lowest BCUT2D eigenvalue weighted by molar-refractivity contribution is -0.121. The van der Waals surface area contributed by atoms with Crippen molar-refractivity contribution in [1.82, 2.24) is 14.9 Å². The molecule has 1 N–H and O–H groups in total. The Labute approximate surface area is 157 Å². The number of carbonyl (C=O) groups is 1. The van der Waals surface area contributed by atoms with Gasteiger partial charge in [-0.3, -0.25) is 4.79 Å². The number of nitrogens with one attached hydrogen (secondary N) is 1. The number of hydrogen-bond donors (Lipinski definition) is 1. The Morgan fingerprint density at radius 1 is 1.15 bits per heavy atom. The highest BCUT2D eigenvalue weighted by atomic mass is 16.6. The number of ether oxygens (including phenoxy) is 2. The molecule has 1 atom stereocenters. The summed E-state index contributed by atoms with van der Waals surface area (Å²) in [5.41, 5.74) is 2.99. The summed E-state index contributed by atoms with van der Waals surface area (Å²) in [6, 6.07) is 13.6. The quantitative estimate of drug-likeness (QED) is 0.757. The van der Waals surface area contributed by atoms with Gasteiger partial charge in [-0.05, 0) is 42.3 Å². The molecular weight excluding hydrogens is 342 g/mol. The molecule has 138 valence electrons. The zero-order valence-corrected chi connectivity index (χ0v) is 15.1. The van der Waals surface area contributed by atoms with E-state index in [9.17, 15) is 4.79 Å². The van der Waals surface area contributed by atoms with Crippen molar-refractivity contribution in [2.45, 2.75) is 19.4 Å². The first kappa shape index (κ1) is 17.1. The fourth-order valence-corrected chi connectivity index (χ4v) is 3.11. The van der Waals surface area contributed by atoms with E-state index in [-0.39, 0.29) is 11.9 Å². The van der Waals surface area contributed by atoms with Crippen molar-refractivity contribution in [2.24, 2.45) is 0 Å². The Hall–Kier alpha value is -3.28. The predicted octanol–water partition coefficient (Wildman–Crippen LogP) is 3.06. The molecule has 6 heteroatoms. The number of benzene rings is 2. The van der Waals surface area contributed by atoms with E-state index in [1.807, 2.05) is 60.2 Å². The van der Waals surface area contributed by atoms with Gasteiger partial charge in [-0.15, -0.1) is 0 Å². The number of aromatic nitrogens is 2. The van der Waals surface area contributed by atoms with Crippen molar-refractivity contribution in [1.29, 1.82) is 0 Å². The van der Waals surface area contributed by atoms with Gasteiger partial charge in [0, 0.05) is 18.1 Å². The molecule has 3 aromatic rings. The third kappa shape index (κ3) is 3.95. The van der Waals surface area contributed by atoms with E-state index < -0.39 is 0 Å². The maximum Gasteiger partial charge on any atom is 0.224 e. The summed E-state index contributed by atoms with van der Waals surface area (Å²) in [6.45, 7) is 3.08. The molecule has 0 aliphatic carbocycles. The average molecular weight is 363 g/mol. The Balaban J connectivity index is 1.37. The second-order valence-corrected chi connectivity index (χ2v) is 6.51. The van der Waals surface area contributed by atoms with Crippen molar-refractivity contribution >= 4 is 5.91 Å². The van der Waals surface area contributed by atoms with E-state index in [0.717, 1.165) is 22.6 Å². The highest BCUT2D eigenvalue weighted by Crippen LogP contribution is 2.30. The number of hydrogen-bond acceptors (Lipinski definition) is 4. The van der Waals surface area contributed by atoms with Crippen molar-refractivity contribution in [3.05, 3.63) is 72.3 Å². The van der Waals surface area contributed by atoms with Gasteiger partial charge in [0.25, 0.3) is 0 Å². The topological polar surface area (TPSA) is 65.4 Å². The molecule has 1 aliphatic rings. The molecule has 0 radical (unpaired) electrons. The van der Waals surface area contributed by atoms with Crippen molar-refractivity contribution in [2.75, 3.05) is 13.2 Å². The number of rotatable bonds is 5. The Morgan fingerprint density at radius 3 is 2.67 bits per heavy atom. The minimum atomic E-state index is -0.0773. The molecule has 0 bridgehead atoms. The summed E-state index contributed by atoms with van der Waals surface area (Å²) in [5.74, 6) is 1.41. The van der Waals surface area contributed by atoms with Crippen LogP contribution in [0.15, 0.2) is 61.2 Å². The number of fused-ring (bicyclic) bond motifs is 1. The van der Waals surface area contributed by atoms with Gasteiger partial charge in [0.1, 0.15) is 13.2 Å². The summed E-state index contributed by atoms with van der Waals surface area (Å²) in [4.78, 5) is 16.5. The maximum absolute atomic E-state index is 12.4. The number of nitrogens with zero attached hydrogens (tertiary/aromatic N) is 2. The van der Waals surface area contributed by atoms with Crippen LogP contribution >= 0.6 is 0 Å². The van der Waals surface area contributed by atoms with Gasteiger partial charge in [-0.25, -0.2) is 4.98 Å². The summed E-state index contributed by atoms with van der Waals surface area (Å²) >= 11 is 0. The van der Waals surface area contributed by atoms with Crippen LogP contribution in [0.3, 0.4) is 0 Å². The van der Waals surface area contributed by atoms with Gasteiger partial charge in [0.05, 0.1) is 18.8 Å². The summed E-state index contributed by atoms with van der Waals surface area (Å²) in [7, 11) is 0. The second-order valence-electron chi connectivity index (χ2n) is 6.51. The lowest BCUT2D eigenvalue weighted by Gasteiger charge is -2.19. The molecule has 0 spiro atoms. The van der Waals surface area contributed by atoms with Crippen LogP contribution in [0.5, 0.6) is 11.5 Å². The van der Waals surface area contributed by atoms with Gasteiger partial charge in [0.15, 0.2) is 11.5 Å². The molecule has 1 amide bonds. The second kappa shape index (κ2) is 7.53. The average Bonchev–Trinajstić information content (AvgIpc) is 3.23. The lowest BCUT2D eigenvalue weighted by atomic mass is 10.1. The van der Waals surface area contributed by atoms with Crippen molar-refractivity contribution in [3.63, 3.8) is 0 Å². The first-order chi connectivity index (χ1) is 13.2. The van der Waals surface area contributed by atoms with Crippen LogP contribution in [-0.4, -0.2) is 28.7 Å². The molecule has 6 nitrogen and oxygen atoms in total. The zero-order valence-electron chi connectivity index (χ0n) is 15.1. The van der Waals surface area contributed by atoms with E-state index in [4.69, 9.17) is 9.47 Å². The molecule has 0 unspecified atom stereocenters. The van der Waals surface area contributed by atoms with Crippen LogP contribution in [0.1, 0.15) is 24.1 Å². The number of carbonyl (C=O) groups excluding carboxylic acids is 1. The largest absolute Gasteiger partial charge is 0.486 e. The molecule has 1 aromatic heterocycles. The van der Waals surface area contributed by atoms with Gasteiger partial charge in [0.2, 0.25) is 5.91 Å². The molecule has 27 heavy (non-hydrogen) atoms. The Bertz CT molecular complexity index is 920.